The fourth-order valence-electron chi connectivity index (χ4n) is 10.1. The van der Waals surface area contributed by atoms with Crippen LogP contribution in [0.15, 0.2) is 23.3 Å². The molecule has 0 saturated heterocycles. The average Bonchev–Trinajstić information content (AvgIpc) is 2.79. The molecule has 0 heterocycles. The molecule has 0 spiro atoms. The van der Waals surface area contributed by atoms with Gasteiger partial charge in [0.05, 0.1) is 24.7 Å². The number of allylic oxidation sites excluding steroid dienone is 3. The molecular weight excluding hydrogens is 436 g/mol. The lowest BCUT2D eigenvalue weighted by Gasteiger charge is -2.68. The second-order valence-electron chi connectivity index (χ2n) is 14.8. The van der Waals surface area contributed by atoms with Crippen molar-refractivity contribution in [2.45, 2.75) is 112 Å². The van der Waals surface area contributed by atoms with Gasteiger partial charge < -0.3 is 14.9 Å². The summed E-state index contributed by atoms with van der Waals surface area (Å²) in [6.07, 6.45) is 11.3. The van der Waals surface area contributed by atoms with E-state index in [-0.39, 0.29) is 45.1 Å². The molecule has 0 unspecified atom stereocenters. The molecule has 0 radical (unpaired) electrons. The van der Waals surface area contributed by atoms with Crippen molar-refractivity contribution in [3.05, 3.63) is 23.3 Å². The first-order valence-electron chi connectivity index (χ1n) is 14.0. The second kappa shape index (κ2) is 7.47. The van der Waals surface area contributed by atoms with E-state index in [1.54, 1.807) is 5.57 Å². The maximum Gasteiger partial charge on any atom is 0.312 e. The van der Waals surface area contributed by atoms with Crippen molar-refractivity contribution in [2.24, 2.45) is 44.3 Å². The summed E-state index contributed by atoms with van der Waals surface area (Å²) >= 11 is 0. The van der Waals surface area contributed by atoms with Crippen molar-refractivity contribution in [3.63, 3.8) is 0 Å². The number of ether oxygens (including phenoxy) is 1. The van der Waals surface area contributed by atoms with Gasteiger partial charge in [0.1, 0.15) is 0 Å². The van der Waals surface area contributed by atoms with Crippen LogP contribution in [0.5, 0.6) is 0 Å². The van der Waals surface area contributed by atoms with Crippen molar-refractivity contribution in [2.75, 3.05) is 7.11 Å². The summed E-state index contributed by atoms with van der Waals surface area (Å²) in [6.45, 7) is 16.2. The Bertz CT molecular complexity index is 990. The van der Waals surface area contributed by atoms with Crippen molar-refractivity contribution in [1.82, 2.24) is 0 Å². The molecule has 4 nitrogen and oxygen atoms in total. The molecule has 5 rings (SSSR count). The summed E-state index contributed by atoms with van der Waals surface area (Å²) in [5.74, 6) is 0.106. The molecule has 0 amide bonds. The molecule has 4 saturated carbocycles. The number of fused-ring (bicyclic) bond motifs is 7. The van der Waals surface area contributed by atoms with Gasteiger partial charge in [-0.1, -0.05) is 71.8 Å². The van der Waals surface area contributed by atoms with E-state index in [0.717, 1.165) is 51.4 Å². The monoisotopic (exact) mass is 484 g/mol. The first kappa shape index (κ1) is 25.5. The lowest BCUT2D eigenvalue weighted by atomic mass is 9.35. The predicted octanol–water partition coefficient (Wildman–Crippen LogP) is 6.21. The van der Waals surface area contributed by atoms with E-state index >= 15 is 0 Å². The number of aliphatic hydroxyl groups is 2. The largest absolute Gasteiger partial charge is 0.469 e. The number of esters is 1. The smallest absolute Gasteiger partial charge is 0.312 e. The van der Waals surface area contributed by atoms with Crippen LogP contribution in [0.1, 0.15) is 99.8 Å². The molecule has 4 heteroatoms. The lowest BCUT2D eigenvalue weighted by molar-refractivity contribution is -0.181. The number of hydrogen-bond donors (Lipinski definition) is 2. The quantitative estimate of drug-likeness (QED) is 0.434. The van der Waals surface area contributed by atoms with Crippen molar-refractivity contribution >= 4 is 5.97 Å². The van der Waals surface area contributed by atoms with Gasteiger partial charge in [0.2, 0.25) is 0 Å². The zero-order chi connectivity index (χ0) is 25.8. The van der Waals surface area contributed by atoms with Crippen LogP contribution in [0.3, 0.4) is 0 Å². The SMILES string of the molecule is COC(=O)[C@]12CCC(C)(C)[C@H](O)[C@H]1C1=CC=C3[C@]4(C)CC[C@H](O)C(C)(C)[C@@H]4CC[C@]3(C)[C@]1(C)CC2. The number of rotatable bonds is 1. The molecule has 0 aromatic carbocycles. The standard InChI is InChI=1S/C31H48O4/c1-26(2)15-17-31(25(34)35-8)18-16-29(6)19(23(31)24(26)33)9-10-21-28(5)13-12-22(32)27(3,4)20(28)11-14-30(21,29)7/h9-10,20,22-24,32-33H,11-18H2,1-8H3/t20-,22-,23+,24+,28+,29+,30-,31-/m0/s1. The minimum Gasteiger partial charge on any atom is -0.469 e. The molecule has 4 fully saturated rings. The van der Waals surface area contributed by atoms with E-state index in [1.807, 2.05) is 0 Å². The Balaban J connectivity index is 1.68. The predicted molar refractivity (Wildman–Crippen MR) is 138 cm³/mol. The summed E-state index contributed by atoms with van der Waals surface area (Å²) < 4.78 is 5.41. The van der Waals surface area contributed by atoms with Gasteiger partial charge >= 0.3 is 5.97 Å². The molecule has 0 bridgehead atoms. The molecule has 8 atom stereocenters. The van der Waals surface area contributed by atoms with E-state index < -0.39 is 11.5 Å². The molecule has 0 aliphatic heterocycles. The summed E-state index contributed by atoms with van der Waals surface area (Å²) in [5, 5.41) is 22.7. The van der Waals surface area contributed by atoms with Crippen molar-refractivity contribution in [3.8, 4) is 0 Å². The Morgan fingerprint density at radius 2 is 1.51 bits per heavy atom. The van der Waals surface area contributed by atoms with E-state index in [2.05, 4.69) is 60.6 Å². The number of aliphatic hydroxyl groups excluding tert-OH is 2. The van der Waals surface area contributed by atoms with Gasteiger partial charge in [-0.15, -0.1) is 0 Å². The van der Waals surface area contributed by atoms with Gasteiger partial charge in [-0.05, 0) is 84.4 Å². The first-order chi connectivity index (χ1) is 16.1. The van der Waals surface area contributed by atoms with E-state index in [4.69, 9.17) is 4.74 Å². The molecule has 35 heavy (non-hydrogen) atoms. The van der Waals surface area contributed by atoms with Crippen LogP contribution in [0.25, 0.3) is 0 Å². The van der Waals surface area contributed by atoms with Crippen LogP contribution in [-0.4, -0.2) is 35.5 Å². The summed E-state index contributed by atoms with van der Waals surface area (Å²) in [4.78, 5) is 13.4. The number of methoxy groups -OCH3 is 1. The van der Waals surface area contributed by atoms with Crippen LogP contribution < -0.4 is 0 Å². The maximum absolute atomic E-state index is 13.4. The van der Waals surface area contributed by atoms with Gasteiger partial charge in [0.25, 0.3) is 0 Å². The fourth-order valence-corrected chi connectivity index (χ4v) is 10.1. The van der Waals surface area contributed by atoms with Gasteiger partial charge in [-0.2, -0.15) is 0 Å². The maximum atomic E-state index is 13.4. The highest BCUT2D eigenvalue weighted by molar-refractivity contribution is 5.79. The minimum absolute atomic E-state index is 0.0235. The van der Waals surface area contributed by atoms with E-state index in [0.29, 0.717) is 5.92 Å². The molecule has 0 aromatic rings. The summed E-state index contributed by atoms with van der Waals surface area (Å²) in [6, 6.07) is 0. The number of carbonyl (C=O) groups excluding carboxylic acids is 1. The number of hydrogen-bond acceptors (Lipinski definition) is 4. The van der Waals surface area contributed by atoms with Crippen molar-refractivity contribution in [1.29, 1.82) is 0 Å². The van der Waals surface area contributed by atoms with Crippen LogP contribution in [0, 0.1) is 44.3 Å². The Morgan fingerprint density at radius 3 is 2.17 bits per heavy atom. The Hall–Kier alpha value is -1.13. The van der Waals surface area contributed by atoms with Gasteiger partial charge in [0.15, 0.2) is 0 Å². The van der Waals surface area contributed by atoms with Crippen LogP contribution in [0.2, 0.25) is 0 Å². The third kappa shape index (κ3) is 2.96. The van der Waals surface area contributed by atoms with Gasteiger partial charge in [0, 0.05) is 5.92 Å². The third-order valence-corrected chi connectivity index (χ3v) is 12.8. The van der Waals surface area contributed by atoms with Crippen LogP contribution >= 0.6 is 0 Å². The molecule has 0 aromatic heterocycles. The highest BCUT2D eigenvalue weighted by Gasteiger charge is 2.69. The Kier molecular flexibility index (Phi) is 5.44. The second-order valence-corrected chi connectivity index (χ2v) is 14.8. The zero-order valence-corrected chi connectivity index (χ0v) is 23.3. The highest BCUT2D eigenvalue weighted by atomic mass is 16.5. The Morgan fingerprint density at radius 1 is 0.857 bits per heavy atom. The number of carbonyl (C=O) groups is 1. The Labute approximate surface area is 212 Å². The topological polar surface area (TPSA) is 66.8 Å². The average molecular weight is 485 g/mol. The molecule has 5 aliphatic carbocycles. The molecule has 196 valence electrons. The summed E-state index contributed by atoms with van der Waals surface area (Å²) in [7, 11) is 1.50. The normalized spacial score (nSPS) is 49.9. The molecule has 5 aliphatic rings. The van der Waals surface area contributed by atoms with Crippen LogP contribution in [0.4, 0.5) is 0 Å². The molecular formula is C31H48O4. The third-order valence-electron chi connectivity index (χ3n) is 12.8. The highest BCUT2D eigenvalue weighted by Crippen LogP contribution is 2.74. The molecule has 2 N–H and O–H groups in total. The zero-order valence-electron chi connectivity index (χ0n) is 23.3. The van der Waals surface area contributed by atoms with Crippen LogP contribution in [-0.2, 0) is 9.53 Å². The summed E-state index contributed by atoms with van der Waals surface area (Å²) in [5.41, 5.74) is 1.78. The van der Waals surface area contributed by atoms with Gasteiger partial charge in [-0.25, -0.2) is 0 Å². The lowest BCUT2D eigenvalue weighted by Crippen LogP contribution is -2.64. The van der Waals surface area contributed by atoms with Crippen molar-refractivity contribution < 1.29 is 19.7 Å². The van der Waals surface area contributed by atoms with E-state index in [1.165, 1.54) is 12.7 Å². The van der Waals surface area contributed by atoms with Gasteiger partial charge in [-0.3, -0.25) is 4.79 Å². The first-order valence-corrected chi connectivity index (χ1v) is 14.0. The van der Waals surface area contributed by atoms with E-state index in [9.17, 15) is 15.0 Å². The fraction of sp³-hybridized carbons (Fsp3) is 0.839. The minimum atomic E-state index is -0.630.